The molecule has 0 aliphatic carbocycles. The summed E-state index contributed by atoms with van der Waals surface area (Å²) in [6.45, 7) is 7.68. The summed E-state index contributed by atoms with van der Waals surface area (Å²) in [5, 5.41) is 13.9. The second-order valence-corrected chi connectivity index (χ2v) is 4.00. The molecule has 2 N–H and O–H groups in total. The highest BCUT2D eigenvalue weighted by atomic mass is 16.2. The molecule has 0 aromatic rings. The van der Waals surface area contributed by atoms with Crippen LogP contribution in [-0.4, -0.2) is 24.0 Å². The molecule has 0 saturated heterocycles. The molecular formula is C9H17N3O. The molecule has 0 spiro atoms. The van der Waals surface area contributed by atoms with Crippen LogP contribution in [0, 0.1) is 11.3 Å². The van der Waals surface area contributed by atoms with Crippen molar-refractivity contribution in [2.45, 2.75) is 39.3 Å². The first-order chi connectivity index (χ1) is 5.87. The number of nitrogens with one attached hydrogen (secondary N) is 2. The number of hydrogen-bond donors (Lipinski definition) is 2. The fourth-order valence-electron chi connectivity index (χ4n) is 0.769. The van der Waals surface area contributed by atoms with Crippen molar-refractivity contribution in [3.63, 3.8) is 0 Å². The van der Waals surface area contributed by atoms with E-state index in [4.69, 9.17) is 5.26 Å². The van der Waals surface area contributed by atoms with E-state index in [-0.39, 0.29) is 24.0 Å². The monoisotopic (exact) mass is 183 g/mol. The van der Waals surface area contributed by atoms with Gasteiger partial charge >= 0.3 is 0 Å². The lowest BCUT2D eigenvalue weighted by Gasteiger charge is -2.23. The standard InChI is InChI=1S/C9H17N3O/c1-7(11-6-5-10)8(13)12-9(2,3)4/h7,11H,6H2,1-4H3,(H,12,13). The summed E-state index contributed by atoms with van der Waals surface area (Å²) in [6.07, 6.45) is 0. The number of rotatable bonds is 3. The quantitative estimate of drug-likeness (QED) is 0.622. The SMILES string of the molecule is CC(NCC#N)C(=O)NC(C)(C)C. The molecule has 0 bridgehead atoms. The van der Waals surface area contributed by atoms with Crippen LogP contribution in [0.25, 0.3) is 0 Å². The average molecular weight is 183 g/mol. The molecular weight excluding hydrogens is 166 g/mol. The van der Waals surface area contributed by atoms with Gasteiger partial charge in [-0.2, -0.15) is 5.26 Å². The normalized spacial score (nSPS) is 13.2. The van der Waals surface area contributed by atoms with E-state index in [1.807, 2.05) is 26.8 Å². The van der Waals surface area contributed by atoms with Gasteiger partial charge in [0.25, 0.3) is 0 Å². The van der Waals surface area contributed by atoms with Gasteiger partial charge in [0.2, 0.25) is 5.91 Å². The Hall–Kier alpha value is -1.08. The zero-order chi connectivity index (χ0) is 10.5. The minimum Gasteiger partial charge on any atom is -0.350 e. The Balaban J connectivity index is 3.91. The fraction of sp³-hybridized carbons (Fsp3) is 0.778. The molecule has 0 fully saturated rings. The average Bonchev–Trinajstić information content (AvgIpc) is 1.96. The molecule has 0 heterocycles. The van der Waals surface area contributed by atoms with Crippen LogP contribution in [0.5, 0.6) is 0 Å². The molecule has 74 valence electrons. The Kier molecular flexibility index (Phi) is 4.43. The third-order valence-electron chi connectivity index (χ3n) is 1.38. The van der Waals surface area contributed by atoms with Crippen LogP contribution in [0.4, 0.5) is 0 Å². The van der Waals surface area contributed by atoms with Crippen molar-refractivity contribution < 1.29 is 4.79 Å². The van der Waals surface area contributed by atoms with Gasteiger partial charge in [-0.3, -0.25) is 10.1 Å². The summed E-state index contributed by atoms with van der Waals surface area (Å²) >= 11 is 0. The molecule has 0 aromatic carbocycles. The van der Waals surface area contributed by atoms with Crippen molar-refractivity contribution in [2.24, 2.45) is 0 Å². The first-order valence-electron chi connectivity index (χ1n) is 4.29. The number of amides is 1. The van der Waals surface area contributed by atoms with Crippen LogP contribution >= 0.6 is 0 Å². The van der Waals surface area contributed by atoms with Gasteiger partial charge in [-0.05, 0) is 27.7 Å². The molecule has 1 unspecified atom stereocenters. The molecule has 4 nitrogen and oxygen atoms in total. The van der Waals surface area contributed by atoms with Crippen molar-refractivity contribution >= 4 is 5.91 Å². The number of nitrogens with zero attached hydrogens (tertiary/aromatic N) is 1. The Morgan fingerprint density at radius 1 is 1.54 bits per heavy atom. The Labute approximate surface area is 79.3 Å². The van der Waals surface area contributed by atoms with Crippen LogP contribution in [-0.2, 0) is 4.79 Å². The number of carbonyl (C=O) groups is 1. The summed E-state index contributed by atoms with van der Waals surface area (Å²) in [5.74, 6) is -0.0808. The second-order valence-electron chi connectivity index (χ2n) is 4.00. The van der Waals surface area contributed by atoms with Crippen molar-refractivity contribution in [1.82, 2.24) is 10.6 Å². The molecule has 0 radical (unpaired) electrons. The van der Waals surface area contributed by atoms with E-state index in [2.05, 4.69) is 10.6 Å². The highest BCUT2D eigenvalue weighted by Gasteiger charge is 2.18. The Morgan fingerprint density at radius 2 is 2.08 bits per heavy atom. The predicted molar refractivity (Wildman–Crippen MR) is 51.0 cm³/mol. The first kappa shape index (κ1) is 11.9. The van der Waals surface area contributed by atoms with Crippen LogP contribution < -0.4 is 10.6 Å². The lowest BCUT2D eigenvalue weighted by molar-refractivity contribution is -0.124. The van der Waals surface area contributed by atoms with Crippen LogP contribution in [0.1, 0.15) is 27.7 Å². The van der Waals surface area contributed by atoms with Crippen LogP contribution in [0.2, 0.25) is 0 Å². The van der Waals surface area contributed by atoms with E-state index in [0.717, 1.165) is 0 Å². The van der Waals surface area contributed by atoms with E-state index in [1.54, 1.807) is 6.92 Å². The van der Waals surface area contributed by atoms with Gasteiger partial charge in [0.05, 0.1) is 18.7 Å². The molecule has 1 amide bonds. The van der Waals surface area contributed by atoms with Crippen LogP contribution in [0.3, 0.4) is 0 Å². The molecule has 1 atom stereocenters. The topological polar surface area (TPSA) is 64.9 Å². The molecule has 13 heavy (non-hydrogen) atoms. The first-order valence-corrected chi connectivity index (χ1v) is 4.29. The van der Waals surface area contributed by atoms with Crippen molar-refractivity contribution in [3.05, 3.63) is 0 Å². The highest BCUT2D eigenvalue weighted by Crippen LogP contribution is 1.98. The highest BCUT2D eigenvalue weighted by molar-refractivity contribution is 5.81. The smallest absolute Gasteiger partial charge is 0.237 e. The van der Waals surface area contributed by atoms with E-state index in [0.29, 0.717) is 0 Å². The summed E-state index contributed by atoms with van der Waals surface area (Å²) in [4.78, 5) is 11.4. The van der Waals surface area contributed by atoms with Gasteiger partial charge in [0, 0.05) is 5.54 Å². The third kappa shape index (κ3) is 6.12. The van der Waals surface area contributed by atoms with Crippen LogP contribution in [0.15, 0.2) is 0 Å². The number of carbonyl (C=O) groups excluding carboxylic acids is 1. The molecule has 4 heteroatoms. The van der Waals surface area contributed by atoms with Crippen molar-refractivity contribution in [3.8, 4) is 6.07 Å². The Morgan fingerprint density at radius 3 is 2.46 bits per heavy atom. The summed E-state index contributed by atoms with van der Waals surface area (Å²) in [6, 6.07) is 1.60. The Bertz CT molecular complexity index is 212. The van der Waals surface area contributed by atoms with Gasteiger partial charge in [-0.1, -0.05) is 0 Å². The maximum atomic E-state index is 11.4. The molecule has 0 aromatic heterocycles. The number of nitriles is 1. The molecule has 0 rings (SSSR count). The van der Waals surface area contributed by atoms with E-state index >= 15 is 0 Å². The zero-order valence-corrected chi connectivity index (χ0v) is 8.64. The lowest BCUT2D eigenvalue weighted by Crippen LogP contribution is -2.49. The van der Waals surface area contributed by atoms with Gasteiger partial charge in [0.15, 0.2) is 0 Å². The second kappa shape index (κ2) is 4.83. The predicted octanol–water partition coefficient (Wildman–Crippen LogP) is 0.403. The number of hydrogen-bond acceptors (Lipinski definition) is 3. The lowest BCUT2D eigenvalue weighted by atomic mass is 10.1. The maximum absolute atomic E-state index is 11.4. The van der Waals surface area contributed by atoms with Gasteiger partial charge in [-0.15, -0.1) is 0 Å². The van der Waals surface area contributed by atoms with Gasteiger partial charge in [0.1, 0.15) is 0 Å². The summed E-state index contributed by atoms with van der Waals surface area (Å²) in [7, 11) is 0. The minimum atomic E-state index is -0.320. The minimum absolute atomic E-state index is 0.0808. The van der Waals surface area contributed by atoms with E-state index < -0.39 is 0 Å². The van der Waals surface area contributed by atoms with Crippen molar-refractivity contribution in [2.75, 3.05) is 6.54 Å². The molecule has 0 aliphatic heterocycles. The van der Waals surface area contributed by atoms with Gasteiger partial charge in [-0.25, -0.2) is 0 Å². The fourth-order valence-corrected chi connectivity index (χ4v) is 0.769. The summed E-state index contributed by atoms with van der Waals surface area (Å²) in [5.41, 5.74) is -0.223. The molecule has 0 aliphatic rings. The maximum Gasteiger partial charge on any atom is 0.237 e. The van der Waals surface area contributed by atoms with Crippen molar-refractivity contribution in [1.29, 1.82) is 5.26 Å². The van der Waals surface area contributed by atoms with Gasteiger partial charge < -0.3 is 5.32 Å². The van der Waals surface area contributed by atoms with E-state index in [1.165, 1.54) is 0 Å². The van der Waals surface area contributed by atoms with E-state index in [9.17, 15) is 4.79 Å². The third-order valence-corrected chi connectivity index (χ3v) is 1.38. The zero-order valence-electron chi connectivity index (χ0n) is 8.64. The molecule has 0 saturated carbocycles. The largest absolute Gasteiger partial charge is 0.350 e. The summed E-state index contributed by atoms with van der Waals surface area (Å²) < 4.78 is 0.